The van der Waals surface area contributed by atoms with Crippen molar-refractivity contribution in [1.82, 2.24) is 4.90 Å². The van der Waals surface area contributed by atoms with Crippen LogP contribution in [0.25, 0.3) is 0 Å². The van der Waals surface area contributed by atoms with E-state index in [1.54, 1.807) is 12.1 Å². The summed E-state index contributed by atoms with van der Waals surface area (Å²) in [4.78, 5) is 13.6. The highest BCUT2D eigenvalue weighted by Gasteiger charge is 2.18. The lowest BCUT2D eigenvalue weighted by molar-refractivity contribution is -0.112. The van der Waals surface area contributed by atoms with Gasteiger partial charge < -0.3 is 22.0 Å². The summed E-state index contributed by atoms with van der Waals surface area (Å²) in [6.07, 6.45) is 0. The van der Waals surface area contributed by atoms with Crippen molar-refractivity contribution >= 4 is 28.9 Å². The Morgan fingerprint density at radius 1 is 1.40 bits per heavy atom. The lowest BCUT2D eigenvalue weighted by atomic mass is 10.3. The van der Waals surface area contributed by atoms with Gasteiger partial charge in [0.25, 0.3) is 0 Å². The number of anilines is 1. The molecule has 0 aliphatic carbocycles. The summed E-state index contributed by atoms with van der Waals surface area (Å²) in [6.45, 7) is 4.09. The number of halogens is 2. The highest BCUT2D eigenvalue weighted by molar-refractivity contribution is 6.38. The largest absolute Gasteiger partial charge is 1.00 e. The number of hydrogen-bond acceptors (Lipinski definition) is 4. The number of carbonyl (C=O) groups excluding carboxylic acids is 1. The van der Waals surface area contributed by atoms with Gasteiger partial charge in [-0.3, -0.25) is 10.2 Å². The molecule has 1 saturated heterocycles. The van der Waals surface area contributed by atoms with Gasteiger partial charge in [-0.2, -0.15) is 5.10 Å². The molecule has 1 aliphatic heterocycles. The third kappa shape index (κ3) is 4.67. The number of ether oxygens (including phenoxy) is 1. The van der Waals surface area contributed by atoms with E-state index in [-0.39, 0.29) is 18.2 Å². The molecule has 5 nitrogen and oxygen atoms in total. The fraction of sp³-hybridized carbons (Fsp3) is 0.385. The van der Waals surface area contributed by atoms with Crippen LogP contribution in [0, 0.1) is 0 Å². The molecule has 0 saturated carbocycles. The minimum absolute atomic E-state index is 0. The van der Waals surface area contributed by atoms with Crippen LogP contribution in [0.5, 0.6) is 0 Å². The first kappa shape index (κ1) is 16.8. The molecule has 1 fully saturated rings. The summed E-state index contributed by atoms with van der Waals surface area (Å²) < 4.78 is 5.26. The zero-order chi connectivity index (χ0) is 13.7. The SMILES string of the molecule is CC(=O)C(=NNc1cccc(Cl)c1)N1CCOCC1.[Cl-]. The van der Waals surface area contributed by atoms with Crippen molar-refractivity contribution in [2.24, 2.45) is 5.10 Å². The highest BCUT2D eigenvalue weighted by atomic mass is 35.5. The van der Waals surface area contributed by atoms with Crippen molar-refractivity contribution in [3.05, 3.63) is 29.3 Å². The molecule has 20 heavy (non-hydrogen) atoms. The highest BCUT2D eigenvalue weighted by Crippen LogP contribution is 2.15. The molecule has 1 heterocycles. The molecule has 2 rings (SSSR count). The quantitative estimate of drug-likeness (QED) is 0.441. The second-order valence-electron chi connectivity index (χ2n) is 4.21. The molecule has 1 N–H and O–H groups in total. The molecular formula is C13H16Cl2N3O2-. The van der Waals surface area contributed by atoms with E-state index in [4.69, 9.17) is 16.3 Å². The number of amidine groups is 1. The number of hydrazone groups is 1. The lowest BCUT2D eigenvalue weighted by Crippen LogP contribution is -3.00. The predicted octanol–water partition coefficient (Wildman–Crippen LogP) is -1.01. The van der Waals surface area contributed by atoms with Crippen LogP contribution >= 0.6 is 11.6 Å². The monoisotopic (exact) mass is 316 g/mol. The van der Waals surface area contributed by atoms with Gasteiger partial charge in [0.15, 0.2) is 11.6 Å². The minimum Gasteiger partial charge on any atom is -1.00 e. The maximum absolute atomic E-state index is 11.7. The fourth-order valence-electron chi connectivity index (χ4n) is 1.82. The van der Waals surface area contributed by atoms with Crippen molar-refractivity contribution in [2.45, 2.75) is 6.92 Å². The number of nitrogens with zero attached hydrogens (tertiary/aromatic N) is 2. The zero-order valence-corrected chi connectivity index (χ0v) is 12.6. The average molecular weight is 317 g/mol. The van der Waals surface area contributed by atoms with Gasteiger partial charge in [-0.05, 0) is 18.2 Å². The Hall–Kier alpha value is -1.30. The van der Waals surface area contributed by atoms with Crippen molar-refractivity contribution in [1.29, 1.82) is 0 Å². The Balaban J connectivity index is 0.00000200. The first-order valence-corrected chi connectivity index (χ1v) is 6.47. The van der Waals surface area contributed by atoms with Gasteiger partial charge in [-0.25, -0.2) is 0 Å². The Morgan fingerprint density at radius 2 is 2.10 bits per heavy atom. The normalized spacial score (nSPS) is 15.5. The Morgan fingerprint density at radius 3 is 2.70 bits per heavy atom. The smallest absolute Gasteiger partial charge is 0.196 e. The van der Waals surface area contributed by atoms with E-state index < -0.39 is 0 Å². The first-order chi connectivity index (χ1) is 9.16. The average Bonchev–Trinajstić information content (AvgIpc) is 2.40. The van der Waals surface area contributed by atoms with Crippen molar-refractivity contribution < 1.29 is 21.9 Å². The number of Topliss-reactive ketones (excluding diaryl/α,β-unsaturated/α-hetero) is 1. The molecule has 0 radical (unpaired) electrons. The van der Waals surface area contributed by atoms with Crippen LogP contribution in [-0.4, -0.2) is 42.8 Å². The van der Waals surface area contributed by atoms with E-state index in [0.29, 0.717) is 37.2 Å². The first-order valence-electron chi connectivity index (χ1n) is 6.10. The minimum atomic E-state index is -0.0728. The van der Waals surface area contributed by atoms with Crippen molar-refractivity contribution in [3.8, 4) is 0 Å². The van der Waals surface area contributed by atoms with Crippen LogP contribution in [0.15, 0.2) is 29.4 Å². The second-order valence-corrected chi connectivity index (χ2v) is 4.65. The molecular weight excluding hydrogens is 301 g/mol. The maximum Gasteiger partial charge on any atom is 0.196 e. The van der Waals surface area contributed by atoms with E-state index >= 15 is 0 Å². The Labute approximate surface area is 129 Å². The topological polar surface area (TPSA) is 53.9 Å². The van der Waals surface area contributed by atoms with Crippen LogP contribution in [0.1, 0.15) is 6.92 Å². The lowest BCUT2D eigenvalue weighted by Gasteiger charge is -2.28. The number of hydrogen-bond donors (Lipinski definition) is 1. The molecule has 0 amide bonds. The number of carbonyl (C=O) groups is 1. The molecule has 0 spiro atoms. The van der Waals surface area contributed by atoms with Gasteiger partial charge >= 0.3 is 0 Å². The molecule has 0 bridgehead atoms. The molecule has 0 unspecified atom stereocenters. The number of morpholine rings is 1. The number of rotatable bonds is 3. The van der Waals surface area contributed by atoms with Gasteiger partial charge in [0.1, 0.15) is 0 Å². The van der Waals surface area contributed by atoms with E-state index in [1.807, 2.05) is 17.0 Å². The van der Waals surface area contributed by atoms with Crippen LogP contribution in [-0.2, 0) is 9.53 Å². The summed E-state index contributed by atoms with van der Waals surface area (Å²) in [5.41, 5.74) is 3.61. The Bertz CT molecular complexity index is 488. The number of ketones is 1. The molecule has 0 atom stereocenters. The summed E-state index contributed by atoms with van der Waals surface area (Å²) in [5, 5.41) is 4.81. The van der Waals surface area contributed by atoms with Crippen molar-refractivity contribution in [3.63, 3.8) is 0 Å². The third-order valence-corrected chi connectivity index (χ3v) is 2.98. The molecule has 1 aromatic carbocycles. The number of nitrogens with one attached hydrogen (secondary N) is 1. The maximum atomic E-state index is 11.7. The van der Waals surface area contributed by atoms with E-state index in [2.05, 4.69) is 10.5 Å². The summed E-state index contributed by atoms with van der Waals surface area (Å²) in [5.74, 6) is 0.347. The van der Waals surface area contributed by atoms with Crippen LogP contribution in [0.2, 0.25) is 5.02 Å². The van der Waals surface area contributed by atoms with E-state index in [1.165, 1.54) is 6.92 Å². The molecule has 7 heteroatoms. The van der Waals surface area contributed by atoms with Gasteiger partial charge in [-0.1, -0.05) is 17.7 Å². The summed E-state index contributed by atoms with van der Waals surface area (Å²) in [6, 6.07) is 7.20. The molecule has 1 aromatic rings. The summed E-state index contributed by atoms with van der Waals surface area (Å²) >= 11 is 5.89. The van der Waals surface area contributed by atoms with Crippen LogP contribution in [0.4, 0.5) is 5.69 Å². The van der Waals surface area contributed by atoms with E-state index in [0.717, 1.165) is 5.69 Å². The van der Waals surface area contributed by atoms with Crippen LogP contribution < -0.4 is 17.8 Å². The second kappa shape index (κ2) is 8.09. The summed E-state index contributed by atoms with van der Waals surface area (Å²) in [7, 11) is 0. The third-order valence-electron chi connectivity index (χ3n) is 2.74. The van der Waals surface area contributed by atoms with Gasteiger partial charge in [0.2, 0.25) is 0 Å². The Kier molecular flexibility index (Phi) is 6.78. The van der Waals surface area contributed by atoms with Gasteiger partial charge in [0.05, 0.1) is 18.9 Å². The van der Waals surface area contributed by atoms with Crippen LogP contribution in [0.3, 0.4) is 0 Å². The fourth-order valence-corrected chi connectivity index (χ4v) is 2.01. The molecule has 110 valence electrons. The predicted molar refractivity (Wildman–Crippen MR) is 75.6 cm³/mol. The molecule has 0 aromatic heterocycles. The van der Waals surface area contributed by atoms with Gasteiger partial charge in [0, 0.05) is 25.0 Å². The molecule has 1 aliphatic rings. The number of benzene rings is 1. The standard InChI is InChI=1S/C13H16ClN3O2.ClH/c1-10(18)13(17-5-7-19-8-6-17)16-15-12-4-2-3-11(14)9-12;/h2-4,9,15H,5-8H2,1H3;1H/p-1. The van der Waals surface area contributed by atoms with Gasteiger partial charge in [-0.15, -0.1) is 0 Å². The van der Waals surface area contributed by atoms with E-state index in [9.17, 15) is 4.79 Å². The van der Waals surface area contributed by atoms with Crippen molar-refractivity contribution in [2.75, 3.05) is 31.7 Å². The zero-order valence-electron chi connectivity index (χ0n) is 11.1.